The van der Waals surface area contributed by atoms with E-state index < -0.39 is 0 Å². The molecular weight excluding hydrogens is 208 g/mol. The van der Waals surface area contributed by atoms with E-state index in [0.29, 0.717) is 0 Å². The lowest BCUT2D eigenvalue weighted by Gasteiger charge is -2.38. The van der Waals surface area contributed by atoms with E-state index in [1.807, 2.05) is 0 Å². The minimum absolute atomic E-state index is 0.251. The summed E-state index contributed by atoms with van der Waals surface area (Å²) in [5.41, 5.74) is 0.251. The van der Waals surface area contributed by atoms with Crippen LogP contribution in [0.5, 0.6) is 0 Å². The molecule has 1 aliphatic heterocycles. The summed E-state index contributed by atoms with van der Waals surface area (Å²) in [5.74, 6) is 0.827. The van der Waals surface area contributed by atoms with Gasteiger partial charge >= 0.3 is 0 Å². The molecule has 0 aromatic rings. The Balaban J connectivity index is 2.37. The van der Waals surface area contributed by atoms with Gasteiger partial charge in [-0.3, -0.25) is 4.90 Å². The fraction of sp³-hybridized carbons (Fsp3) is 1.00. The fourth-order valence-corrected chi connectivity index (χ4v) is 2.43. The van der Waals surface area contributed by atoms with Gasteiger partial charge in [0.1, 0.15) is 0 Å². The molecule has 2 heteroatoms. The van der Waals surface area contributed by atoms with Crippen molar-refractivity contribution >= 4 is 0 Å². The Morgan fingerprint density at radius 1 is 1.24 bits per heavy atom. The molecular formula is C15H32N2. The van der Waals surface area contributed by atoms with Crippen molar-refractivity contribution in [3.8, 4) is 0 Å². The molecule has 102 valence electrons. The highest BCUT2D eigenvalue weighted by Gasteiger charge is 2.23. The second kappa shape index (κ2) is 6.75. The Morgan fingerprint density at radius 3 is 2.53 bits per heavy atom. The maximum Gasteiger partial charge on any atom is 0.0220 e. The molecule has 17 heavy (non-hydrogen) atoms. The van der Waals surface area contributed by atoms with Gasteiger partial charge in [0.15, 0.2) is 0 Å². The summed E-state index contributed by atoms with van der Waals surface area (Å²) < 4.78 is 0. The number of nitrogens with zero attached hydrogens (tertiary/aromatic N) is 1. The van der Waals surface area contributed by atoms with E-state index in [9.17, 15) is 0 Å². The highest BCUT2D eigenvalue weighted by molar-refractivity contribution is 4.82. The molecule has 1 saturated heterocycles. The van der Waals surface area contributed by atoms with E-state index in [4.69, 9.17) is 0 Å². The minimum Gasteiger partial charge on any atom is -0.311 e. The molecule has 1 rings (SSSR count). The summed E-state index contributed by atoms with van der Waals surface area (Å²) in [6, 6.07) is 0.765. The molecule has 0 aromatic heterocycles. The van der Waals surface area contributed by atoms with Gasteiger partial charge in [-0.2, -0.15) is 0 Å². The zero-order chi connectivity index (χ0) is 12.9. The summed E-state index contributed by atoms with van der Waals surface area (Å²) in [5, 5.41) is 3.67. The van der Waals surface area contributed by atoms with E-state index in [-0.39, 0.29) is 5.54 Å². The van der Waals surface area contributed by atoms with E-state index in [2.05, 4.69) is 44.8 Å². The number of likely N-dealkylation sites (tertiary alicyclic amines) is 1. The van der Waals surface area contributed by atoms with E-state index in [1.54, 1.807) is 0 Å². The van der Waals surface area contributed by atoms with Crippen LogP contribution < -0.4 is 5.32 Å². The van der Waals surface area contributed by atoms with Crippen LogP contribution in [0.2, 0.25) is 0 Å². The van der Waals surface area contributed by atoms with Crippen LogP contribution in [0, 0.1) is 5.92 Å². The number of rotatable bonds is 5. The predicted molar refractivity (Wildman–Crippen MR) is 76.4 cm³/mol. The van der Waals surface area contributed by atoms with Crippen LogP contribution in [0.15, 0.2) is 0 Å². The lowest BCUT2D eigenvalue weighted by atomic mass is 9.99. The van der Waals surface area contributed by atoms with E-state index in [1.165, 1.54) is 38.8 Å². The fourth-order valence-electron chi connectivity index (χ4n) is 2.43. The average molecular weight is 240 g/mol. The molecule has 2 nitrogen and oxygen atoms in total. The van der Waals surface area contributed by atoms with Crippen molar-refractivity contribution in [2.75, 3.05) is 19.6 Å². The van der Waals surface area contributed by atoms with Crippen LogP contribution in [0.25, 0.3) is 0 Å². The molecule has 1 fully saturated rings. The first-order valence-corrected chi connectivity index (χ1v) is 7.37. The molecule has 1 atom stereocenters. The summed E-state index contributed by atoms with van der Waals surface area (Å²) in [4.78, 5) is 2.71. The molecule has 1 unspecified atom stereocenters. The third kappa shape index (κ3) is 6.42. The summed E-state index contributed by atoms with van der Waals surface area (Å²) in [6.45, 7) is 15.2. The van der Waals surface area contributed by atoms with Gasteiger partial charge in [0.2, 0.25) is 0 Å². The Hall–Kier alpha value is -0.0800. The van der Waals surface area contributed by atoms with Crippen LogP contribution in [0.4, 0.5) is 0 Å². The minimum atomic E-state index is 0.251. The quantitative estimate of drug-likeness (QED) is 0.793. The first-order chi connectivity index (χ1) is 7.88. The monoisotopic (exact) mass is 240 g/mol. The maximum atomic E-state index is 3.67. The molecule has 1 N–H and O–H groups in total. The Labute approximate surface area is 108 Å². The Morgan fingerprint density at radius 2 is 1.94 bits per heavy atom. The highest BCUT2D eigenvalue weighted by atomic mass is 15.2. The molecule has 0 radical (unpaired) electrons. The zero-order valence-corrected chi connectivity index (χ0v) is 12.6. The third-order valence-corrected chi connectivity index (χ3v) is 3.61. The lowest BCUT2D eigenvalue weighted by Crippen LogP contribution is -2.49. The van der Waals surface area contributed by atoms with Gasteiger partial charge in [-0.25, -0.2) is 0 Å². The van der Waals surface area contributed by atoms with Gasteiger partial charge in [0.25, 0.3) is 0 Å². The van der Waals surface area contributed by atoms with Gasteiger partial charge in [-0.15, -0.1) is 0 Å². The average Bonchev–Trinajstić information content (AvgIpc) is 2.23. The summed E-state index contributed by atoms with van der Waals surface area (Å²) in [6.07, 6.45) is 5.52. The molecule has 0 aliphatic carbocycles. The van der Waals surface area contributed by atoms with Gasteiger partial charge in [-0.05, 0) is 59.0 Å². The van der Waals surface area contributed by atoms with Crippen LogP contribution >= 0.6 is 0 Å². The van der Waals surface area contributed by atoms with Gasteiger partial charge in [-0.1, -0.05) is 20.3 Å². The van der Waals surface area contributed by atoms with Crippen LogP contribution in [0.3, 0.4) is 0 Å². The smallest absolute Gasteiger partial charge is 0.0220 e. The van der Waals surface area contributed by atoms with E-state index >= 15 is 0 Å². The second-order valence-electron chi connectivity index (χ2n) is 7.00. The molecule has 1 aliphatic rings. The number of hydrogen-bond donors (Lipinski definition) is 1. The molecule has 0 bridgehead atoms. The Kier molecular flexibility index (Phi) is 5.94. The number of nitrogens with one attached hydrogen (secondary N) is 1. The second-order valence-corrected chi connectivity index (χ2v) is 7.00. The normalized spacial score (nSPS) is 23.3. The van der Waals surface area contributed by atoms with Crippen molar-refractivity contribution in [1.82, 2.24) is 10.2 Å². The lowest BCUT2D eigenvalue weighted by molar-refractivity contribution is 0.132. The third-order valence-electron chi connectivity index (χ3n) is 3.61. The number of hydrogen-bond acceptors (Lipinski definition) is 2. The first-order valence-electron chi connectivity index (χ1n) is 7.37. The van der Waals surface area contributed by atoms with Crippen molar-refractivity contribution < 1.29 is 0 Å². The van der Waals surface area contributed by atoms with Gasteiger partial charge < -0.3 is 5.32 Å². The standard InChI is InChI=1S/C15H32N2/c1-13(2)9-11-17-10-7-6-8-14(17)12-16-15(3,4)5/h13-14,16H,6-12H2,1-5H3. The van der Waals surface area contributed by atoms with Crippen LogP contribution in [-0.4, -0.2) is 36.1 Å². The highest BCUT2D eigenvalue weighted by Crippen LogP contribution is 2.18. The molecule has 1 heterocycles. The Bertz CT molecular complexity index is 205. The topological polar surface area (TPSA) is 15.3 Å². The SMILES string of the molecule is CC(C)CCN1CCCCC1CNC(C)(C)C. The molecule has 0 amide bonds. The van der Waals surface area contributed by atoms with Crippen molar-refractivity contribution in [2.24, 2.45) is 5.92 Å². The van der Waals surface area contributed by atoms with Crippen molar-refractivity contribution in [3.63, 3.8) is 0 Å². The van der Waals surface area contributed by atoms with Crippen molar-refractivity contribution in [2.45, 2.75) is 71.9 Å². The summed E-state index contributed by atoms with van der Waals surface area (Å²) in [7, 11) is 0. The maximum absolute atomic E-state index is 3.67. The van der Waals surface area contributed by atoms with Crippen molar-refractivity contribution in [1.29, 1.82) is 0 Å². The number of piperidine rings is 1. The van der Waals surface area contributed by atoms with E-state index in [0.717, 1.165) is 18.5 Å². The molecule has 0 saturated carbocycles. The first kappa shape index (κ1) is 15.0. The predicted octanol–water partition coefficient (Wildman–Crippen LogP) is 3.28. The van der Waals surface area contributed by atoms with Gasteiger partial charge in [0.05, 0.1) is 0 Å². The van der Waals surface area contributed by atoms with Crippen LogP contribution in [0.1, 0.15) is 60.3 Å². The summed E-state index contributed by atoms with van der Waals surface area (Å²) >= 11 is 0. The molecule has 0 aromatic carbocycles. The van der Waals surface area contributed by atoms with Crippen molar-refractivity contribution in [3.05, 3.63) is 0 Å². The van der Waals surface area contributed by atoms with Gasteiger partial charge in [0, 0.05) is 18.1 Å². The largest absolute Gasteiger partial charge is 0.311 e. The zero-order valence-electron chi connectivity index (χ0n) is 12.6. The molecule has 0 spiro atoms. The van der Waals surface area contributed by atoms with Crippen LogP contribution in [-0.2, 0) is 0 Å².